The fourth-order valence-electron chi connectivity index (χ4n) is 2.34. The molecule has 116 valence electrons. The summed E-state index contributed by atoms with van der Waals surface area (Å²) in [6, 6.07) is 7.64. The first-order valence-electron chi connectivity index (χ1n) is 7.17. The van der Waals surface area contributed by atoms with Crippen LogP contribution in [-0.4, -0.2) is 28.8 Å². The number of carbonyl (C=O) groups is 1. The molecule has 6 heteroatoms. The van der Waals surface area contributed by atoms with Gasteiger partial charge in [0, 0.05) is 23.6 Å². The molecule has 0 aliphatic carbocycles. The van der Waals surface area contributed by atoms with E-state index in [1.165, 1.54) is 16.2 Å². The lowest BCUT2D eigenvalue weighted by Crippen LogP contribution is -2.42. The number of aromatic nitrogens is 1. The van der Waals surface area contributed by atoms with E-state index in [0.29, 0.717) is 6.42 Å². The average Bonchev–Trinajstić information content (AvgIpc) is 3.03. The Labute approximate surface area is 138 Å². The van der Waals surface area contributed by atoms with Crippen molar-refractivity contribution in [3.8, 4) is 23.1 Å². The van der Waals surface area contributed by atoms with Crippen molar-refractivity contribution >= 4 is 23.2 Å². The minimum atomic E-state index is -0.295. The highest BCUT2D eigenvalue weighted by molar-refractivity contribution is 7.10. The number of amides is 1. The zero-order valence-corrected chi connectivity index (χ0v) is 13.7. The normalized spacial score (nSPS) is 17.5. The van der Waals surface area contributed by atoms with Gasteiger partial charge in [-0.25, -0.2) is 9.98 Å². The third-order valence-electron chi connectivity index (χ3n) is 3.61. The minimum absolute atomic E-state index is 0.0422. The number of thiazole rings is 1. The number of guanidine groups is 1. The number of aliphatic imine (C=N–C) groups is 1. The van der Waals surface area contributed by atoms with Crippen LogP contribution >= 0.6 is 11.3 Å². The Balaban J connectivity index is 1.90. The number of hydrogen-bond acceptors (Lipinski definition) is 5. The van der Waals surface area contributed by atoms with Crippen LogP contribution in [0.5, 0.6) is 0 Å². The second-order valence-corrected chi connectivity index (χ2v) is 6.08. The van der Waals surface area contributed by atoms with Crippen LogP contribution in [0, 0.1) is 11.8 Å². The summed E-state index contributed by atoms with van der Waals surface area (Å²) in [6.07, 6.45) is 0.297. The summed E-state index contributed by atoms with van der Waals surface area (Å²) in [5, 5.41) is 2.78. The van der Waals surface area contributed by atoms with Gasteiger partial charge in [-0.1, -0.05) is 18.1 Å². The van der Waals surface area contributed by atoms with E-state index in [1.54, 1.807) is 7.05 Å². The number of hydrogen-bond donors (Lipinski definition) is 1. The highest BCUT2D eigenvalue weighted by Crippen LogP contribution is 2.31. The van der Waals surface area contributed by atoms with Crippen molar-refractivity contribution in [2.75, 3.05) is 7.05 Å². The summed E-state index contributed by atoms with van der Waals surface area (Å²) in [4.78, 5) is 22.3. The molecule has 0 saturated heterocycles. The Kier molecular flexibility index (Phi) is 4.13. The largest absolute Gasteiger partial charge is 0.369 e. The zero-order valence-electron chi connectivity index (χ0n) is 12.9. The smallest absolute Gasteiger partial charge is 0.231 e. The van der Waals surface area contributed by atoms with E-state index in [9.17, 15) is 4.79 Å². The van der Waals surface area contributed by atoms with Gasteiger partial charge in [0.05, 0.1) is 12.1 Å². The molecular weight excluding hydrogens is 308 g/mol. The molecule has 0 spiro atoms. The maximum Gasteiger partial charge on any atom is 0.231 e. The van der Waals surface area contributed by atoms with Crippen molar-refractivity contribution in [2.24, 2.45) is 10.7 Å². The molecule has 1 amide bonds. The van der Waals surface area contributed by atoms with Crippen LogP contribution < -0.4 is 5.73 Å². The van der Waals surface area contributed by atoms with Crippen molar-refractivity contribution < 1.29 is 4.79 Å². The Morgan fingerprint density at radius 3 is 3.00 bits per heavy atom. The SMILES string of the molecule is CC#Cc1cccc(-c2csc([C@@H]3CC(=O)N(C)C(N)=N3)n2)c1. The lowest BCUT2D eigenvalue weighted by molar-refractivity contribution is -0.127. The molecule has 5 nitrogen and oxygen atoms in total. The lowest BCUT2D eigenvalue weighted by Gasteiger charge is -2.24. The Bertz CT molecular complexity index is 844. The van der Waals surface area contributed by atoms with Gasteiger partial charge in [0.1, 0.15) is 11.0 Å². The molecule has 1 aliphatic heterocycles. The molecule has 0 bridgehead atoms. The minimum Gasteiger partial charge on any atom is -0.369 e. The quantitative estimate of drug-likeness (QED) is 0.862. The van der Waals surface area contributed by atoms with Gasteiger partial charge < -0.3 is 5.73 Å². The van der Waals surface area contributed by atoms with Crippen LogP contribution in [0.15, 0.2) is 34.6 Å². The highest BCUT2D eigenvalue weighted by Gasteiger charge is 2.27. The Hall–Kier alpha value is -2.65. The lowest BCUT2D eigenvalue weighted by atomic mass is 10.1. The number of nitrogens with zero attached hydrogens (tertiary/aromatic N) is 3. The van der Waals surface area contributed by atoms with Gasteiger partial charge in [0.15, 0.2) is 5.96 Å². The molecule has 0 unspecified atom stereocenters. The van der Waals surface area contributed by atoms with Crippen molar-refractivity contribution in [3.63, 3.8) is 0 Å². The first-order chi connectivity index (χ1) is 11.1. The third-order valence-corrected chi connectivity index (χ3v) is 4.55. The van der Waals surface area contributed by atoms with E-state index in [-0.39, 0.29) is 17.9 Å². The van der Waals surface area contributed by atoms with Crippen molar-refractivity contribution in [1.82, 2.24) is 9.88 Å². The summed E-state index contributed by atoms with van der Waals surface area (Å²) in [5.74, 6) is 6.13. The van der Waals surface area contributed by atoms with E-state index < -0.39 is 0 Å². The monoisotopic (exact) mass is 324 g/mol. The summed E-state index contributed by atoms with van der Waals surface area (Å²) in [6.45, 7) is 1.81. The maximum atomic E-state index is 11.9. The molecule has 1 aromatic carbocycles. The Morgan fingerprint density at radius 1 is 1.43 bits per heavy atom. The van der Waals surface area contributed by atoms with Crippen molar-refractivity contribution in [2.45, 2.75) is 19.4 Å². The molecule has 23 heavy (non-hydrogen) atoms. The van der Waals surface area contributed by atoms with Crippen molar-refractivity contribution in [1.29, 1.82) is 0 Å². The summed E-state index contributed by atoms with van der Waals surface area (Å²) >= 11 is 1.49. The van der Waals surface area contributed by atoms with E-state index in [0.717, 1.165) is 21.8 Å². The summed E-state index contributed by atoms with van der Waals surface area (Å²) in [5.41, 5.74) is 8.61. The number of nitrogens with two attached hydrogens (primary N) is 1. The molecule has 3 rings (SSSR count). The summed E-state index contributed by atoms with van der Waals surface area (Å²) in [7, 11) is 1.63. The molecule has 0 fully saturated rings. The highest BCUT2D eigenvalue weighted by atomic mass is 32.1. The van der Waals surface area contributed by atoms with Gasteiger partial charge >= 0.3 is 0 Å². The molecule has 2 N–H and O–H groups in total. The van der Waals surface area contributed by atoms with Gasteiger partial charge in [-0.3, -0.25) is 9.69 Å². The zero-order chi connectivity index (χ0) is 16.4. The fourth-order valence-corrected chi connectivity index (χ4v) is 3.20. The molecular formula is C17H16N4OS. The van der Waals surface area contributed by atoms with Crippen LogP contribution in [0.4, 0.5) is 0 Å². The molecule has 2 aromatic rings. The van der Waals surface area contributed by atoms with Crippen LogP contribution in [-0.2, 0) is 4.79 Å². The van der Waals surface area contributed by atoms with E-state index in [4.69, 9.17) is 5.73 Å². The predicted octanol–water partition coefficient (Wildman–Crippen LogP) is 2.40. The number of carbonyl (C=O) groups excluding carboxylic acids is 1. The molecule has 2 heterocycles. The number of rotatable bonds is 2. The standard InChI is InChI=1S/C17H16N4OS/c1-3-5-11-6-4-7-12(8-11)14-10-23-16(19-14)13-9-15(22)21(2)17(18)20-13/h4,6-8,10,13H,9H2,1-2H3,(H2,18,20)/t13-/m0/s1. The molecule has 1 aromatic heterocycles. The predicted molar refractivity (Wildman–Crippen MR) is 91.9 cm³/mol. The van der Waals surface area contributed by atoms with Crippen LogP contribution in [0.25, 0.3) is 11.3 Å². The van der Waals surface area contributed by atoms with Gasteiger partial charge in [0.25, 0.3) is 0 Å². The molecule has 1 atom stereocenters. The van der Waals surface area contributed by atoms with E-state index >= 15 is 0 Å². The van der Waals surface area contributed by atoms with Gasteiger partial charge in [-0.15, -0.1) is 17.3 Å². The van der Waals surface area contributed by atoms with Gasteiger partial charge in [-0.05, 0) is 19.1 Å². The van der Waals surface area contributed by atoms with Gasteiger partial charge in [0.2, 0.25) is 5.91 Å². The number of benzene rings is 1. The van der Waals surface area contributed by atoms with Crippen LogP contribution in [0.3, 0.4) is 0 Å². The average molecular weight is 324 g/mol. The summed E-state index contributed by atoms with van der Waals surface area (Å²) < 4.78 is 0. The van der Waals surface area contributed by atoms with E-state index in [2.05, 4.69) is 21.8 Å². The first kappa shape index (κ1) is 15.3. The van der Waals surface area contributed by atoms with Crippen LogP contribution in [0.1, 0.15) is 30.0 Å². The Morgan fingerprint density at radius 2 is 2.26 bits per heavy atom. The molecule has 1 aliphatic rings. The van der Waals surface area contributed by atoms with Gasteiger partial charge in [-0.2, -0.15) is 0 Å². The second-order valence-electron chi connectivity index (χ2n) is 5.19. The fraction of sp³-hybridized carbons (Fsp3) is 0.235. The first-order valence-corrected chi connectivity index (χ1v) is 8.05. The maximum absolute atomic E-state index is 11.9. The molecule has 0 radical (unpaired) electrons. The molecule has 0 saturated carbocycles. The third kappa shape index (κ3) is 3.10. The van der Waals surface area contributed by atoms with Crippen LogP contribution in [0.2, 0.25) is 0 Å². The second kappa shape index (κ2) is 6.23. The topological polar surface area (TPSA) is 71.6 Å². The van der Waals surface area contributed by atoms with E-state index in [1.807, 2.05) is 36.6 Å². The van der Waals surface area contributed by atoms with Crippen molar-refractivity contribution in [3.05, 3.63) is 40.2 Å².